The molecule has 1 heterocycles. The molecule has 1 fully saturated rings. The summed E-state index contributed by atoms with van der Waals surface area (Å²) in [7, 11) is -3.75. The Labute approximate surface area is 166 Å². The van der Waals surface area contributed by atoms with Crippen molar-refractivity contribution in [3.05, 3.63) is 63.1 Å². The Bertz CT molecular complexity index is 928. The van der Waals surface area contributed by atoms with E-state index in [9.17, 15) is 13.2 Å². The molecule has 26 heavy (non-hydrogen) atoms. The minimum absolute atomic E-state index is 0.0110. The first kappa shape index (κ1) is 19.4. The normalized spacial score (nSPS) is 14.6. The second kappa shape index (κ2) is 8.08. The van der Waals surface area contributed by atoms with Gasteiger partial charge in [-0.25, -0.2) is 13.1 Å². The molecule has 0 atom stereocenters. The molecule has 0 aromatic heterocycles. The van der Waals surface area contributed by atoms with Gasteiger partial charge in [0, 0.05) is 29.7 Å². The van der Waals surface area contributed by atoms with Crippen molar-refractivity contribution < 1.29 is 13.2 Å². The van der Waals surface area contributed by atoms with Gasteiger partial charge < -0.3 is 4.90 Å². The van der Waals surface area contributed by atoms with Crippen LogP contribution in [0.1, 0.15) is 28.8 Å². The molecular weight excluding hydrogens is 440 g/mol. The van der Waals surface area contributed by atoms with E-state index in [1.165, 1.54) is 12.1 Å². The molecule has 2 aromatic carbocycles. The lowest BCUT2D eigenvalue weighted by Crippen LogP contribution is -2.28. The molecule has 3 rings (SSSR count). The highest BCUT2D eigenvalue weighted by Crippen LogP contribution is 2.25. The zero-order valence-corrected chi connectivity index (χ0v) is 17.1. The summed E-state index contributed by atoms with van der Waals surface area (Å²) in [5, 5.41) is 0.143. The van der Waals surface area contributed by atoms with Gasteiger partial charge in [0.1, 0.15) is 4.90 Å². The number of halogens is 2. The zero-order chi connectivity index (χ0) is 18.7. The Morgan fingerprint density at radius 3 is 2.58 bits per heavy atom. The summed E-state index contributed by atoms with van der Waals surface area (Å²) < 4.78 is 28.2. The number of nitrogens with zero attached hydrogens (tertiary/aromatic N) is 1. The lowest BCUT2D eigenvalue weighted by molar-refractivity contribution is 0.0792. The number of hydrogen-bond donors (Lipinski definition) is 1. The van der Waals surface area contributed by atoms with E-state index in [4.69, 9.17) is 11.6 Å². The summed E-state index contributed by atoms with van der Waals surface area (Å²) in [5.74, 6) is -0.0110. The molecule has 0 saturated carbocycles. The topological polar surface area (TPSA) is 66.5 Å². The van der Waals surface area contributed by atoms with Gasteiger partial charge in [-0.05, 0) is 48.7 Å². The quantitative estimate of drug-likeness (QED) is 0.742. The summed E-state index contributed by atoms with van der Waals surface area (Å²) in [6.07, 6.45) is 2.05. The van der Waals surface area contributed by atoms with Gasteiger partial charge in [-0.15, -0.1) is 0 Å². The lowest BCUT2D eigenvalue weighted by Gasteiger charge is -2.16. The molecule has 1 saturated heterocycles. The van der Waals surface area contributed by atoms with Gasteiger partial charge in [0.2, 0.25) is 10.0 Å². The molecule has 1 amide bonds. The first-order valence-electron chi connectivity index (χ1n) is 8.20. The maximum Gasteiger partial charge on any atom is 0.253 e. The van der Waals surface area contributed by atoms with Crippen molar-refractivity contribution in [2.75, 3.05) is 13.1 Å². The third kappa shape index (κ3) is 4.46. The van der Waals surface area contributed by atoms with Crippen LogP contribution in [0.2, 0.25) is 5.02 Å². The zero-order valence-electron chi connectivity index (χ0n) is 13.9. The van der Waals surface area contributed by atoms with E-state index in [2.05, 4.69) is 20.7 Å². The monoisotopic (exact) mass is 456 g/mol. The third-order valence-corrected chi connectivity index (χ3v) is 6.59. The molecule has 2 aromatic rings. The van der Waals surface area contributed by atoms with Gasteiger partial charge >= 0.3 is 0 Å². The van der Waals surface area contributed by atoms with Crippen molar-refractivity contribution in [3.63, 3.8) is 0 Å². The van der Waals surface area contributed by atoms with E-state index >= 15 is 0 Å². The SMILES string of the molecule is O=C(c1cccc(CNS(=O)(=O)c2ccc(Br)cc2Cl)c1)N1CCCC1. The van der Waals surface area contributed by atoms with Gasteiger partial charge in [0.25, 0.3) is 5.91 Å². The molecular formula is C18H18BrClN2O3S. The smallest absolute Gasteiger partial charge is 0.253 e. The summed E-state index contributed by atoms with van der Waals surface area (Å²) in [4.78, 5) is 14.3. The number of carbonyl (C=O) groups excluding carboxylic acids is 1. The molecule has 1 N–H and O–H groups in total. The molecule has 1 aliphatic heterocycles. The number of amides is 1. The van der Waals surface area contributed by atoms with Gasteiger partial charge in [0.15, 0.2) is 0 Å². The van der Waals surface area contributed by atoms with Crippen LogP contribution in [0.5, 0.6) is 0 Å². The highest BCUT2D eigenvalue weighted by Gasteiger charge is 2.20. The molecule has 0 radical (unpaired) electrons. The van der Waals surface area contributed by atoms with Crippen LogP contribution >= 0.6 is 27.5 Å². The van der Waals surface area contributed by atoms with Gasteiger partial charge in [-0.1, -0.05) is 39.7 Å². The number of likely N-dealkylation sites (tertiary alicyclic amines) is 1. The van der Waals surface area contributed by atoms with Crippen molar-refractivity contribution >= 4 is 43.5 Å². The summed E-state index contributed by atoms with van der Waals surface area (Å²) in [6, 6.07) is 11.6. The van der Waals surface area contributed by atoms with Crippen LogP contribution in [0.3, 0.4) is 0 Å². The third-order valence-electron chi connectivity index (χ3n) is 4.22. The Hall–Kier alpha value is -1.41. The number of nitrogens with one attached hydrogen (secondary N) is 1. The van der Waals surface area contributed by atoms with Crippen LogP contribution in [-0.2, 0) is 16.6 Å². The molecule has 0 unspecified atom stereocenters. The van der Waals surface area contributed by atoms with Gasteiger partial charge in [-0.3, -0.25) is 4.79 Å². The Kier molecular flexibility index (Phi) is 6.02. The van der Waals surface area contributed by atoms with E-state index in [1.54, 1.807) is 30.3 Å². The fourth-order valence-corrected chi connectivity index (χ4v) is 4.92. The van der Waals surface area contributed by atoms with Crippen molar-refractivity contribution in [3.8, 4) is 0 Å². The van der Waals surface area contributed by atoms with Crippen molar-refractivity contribution in [2.45, 2.75) is 24.3 Å². The molecule has 5 nitrogen and oxygen atoms in total. The highest BCUT2D eigenvalue weighted by molar-refractivity contribution is 9.10. The van der Waals surface area contributed by atoms with Crippen LogP contribution < -0.4 is 4.72 Å². The first-order chi connectivity index (χ1) is 12.4. The molecule has 8 heteroatoms. The molecule has 0 aliphatic carbocycles. The van der Waals surface area contributed by atoms with Gasteiger partial charge in [0.05, 0.1) is 5.02 Å². The minimum atomic E-state index is -3.75. The van der Waals surface area contributed by atoms with E-state index in [1.807, 2.05) is 4.90 Å². The maximum atomic E-state index is 12.5. The average Bonchev–Trinajstić information content (AvgIpc) is 3.14. The average molecular weight is 458 g/mol. The number of carbonyl (C=O) groups is 1. The molecule has 138 valence electrons. The van der Waals surface area contributed by atoms with Crippen molar-refractivity contribution in [1.82, 2.24) is 9.62 Å². The lowest BCUT2D eigenvalue weighted by atomic mass is 10.1. The summed E-state index contributed by atoms with van der Waals surface area (Å²) in [6.45, 7) is 1.63. The van der Waals surface area contributed by atoms with E-state index in [0.717, 1.165) is 25.9 Å². The number of hydrogen-bond acceptors (Lipinski definition) is 3. The Morgan fingerprint density at radius 2 is 1.88 bits per heavy atom. The fraction of sp³-hybridized carbons (Fsp3) is 0.278. The van der Waals surface area contributed by atoms with Crippen LogP contribution in [0.15, 0.2) is 51.8 Å². The van der Waals surface area contributed by atoms with E-state index in [0.29, 0.717) is 15.6 Å². The first-order valence-corrected chi connectivity index (χ1v) is 10.9. The predicted octanol–water partition coefficient (Wildman–Crippen LogP) is 3.82. The Balaban J connectivity index is 1.73. The molecule has 0 spiro atoms. The van der Waals surface area contributed by atoms with Gasteiger partial charge in [-0.2, -0.15) is 0 Å². The maximum absolute atomic E-state index is 12.5. The molecule has 1 aliphatic rings. The van der Waals surface area contributed by atoms with Crippen LogP contribution in [0.4, 0.5) is 0 Å². The Morgan fingerprint density at radius 1 is 1.15 bits per heavy atom. The van der Waals surface area contributed by atoms with Crippen LogP contribution in [0.25, 0.3) is 0 Å². The summed E-state index contributed by atoms with van der Waals surface area (Å²) >= 11 is 9.29. The fourth-order valence-electron chi connectivity index (χ4n) is 2.87. The standard InChI is InChI=1S/C18H18BrClN2O3S/c19-15-6-7-17(16(20)11-15)26(24,25)21-12-13-4-3-5-14(10-13)18(23)22-8-1-2-9-22/h3-7,10-11,21H,1-2,8-9,12H2. The van der Waals surface area contributed by atoms with Crippen molar-refractivity contribution in [2.24, 2.45) is 0 Å². The predicted molar refractivity (Wildman–Crippen MR) is 105 cm³/mol. The minimum Gasteiger partial charge on any atom is -0.339 e. The number of sulfonamides is 1. The van der Waals surface area contributed by atoms with Crippen LogP contribution in [-0.4, -0.2) is 32.3 Å². The highest BCUT2D eigenvalue weighted by atomic mass is 79.9. The summed E-state index contributed by atoms with van der Waals surface area (Å²) in [5.41, 5.74) is 1.29. The second-order valence-corrected chi connectivity index (χ2v) is 9.16. The van der Waals surface area contributed by atoms with E-state index < -0.39 is 10.0 Å². The second-order valence-electron chi connectivity index (χ2n) is 6.10. The van der Waals surface area contributed by atoms with Crippen molar-refractivity contribution in [1.29, 1.82) is 0 Å². The number of benzene rings is 2. The molecule has 0 bridgehead atoms. The number of rotatable bonds is 5. The van der Waals surface area contributed by atoms with Crippen LogP contribution in [0, 0.1) is 0 Å². The van der Waals surface area contributed by atoms with E-state index in [-0.39, 0.29) is 22.4 Å². The largest absolute Gasteiger partial charge is 0.339 e.